The fourth-order valence-electron chi connectivity index (χ4n) is 2.91. The van der Waals surface area contributed by atoms with Crippen molar-refractivity contribution in [2.45, 2.75) is 6.92 Å². The number of carbonyl (C=O) groups is 2. The number of ether oxygens (including phenoxy) is 2. The number of thiophene rings is 1. The highest BCUT2D eigenvalue weighted by atomic mass is 35.5. The second kappa shape index (κ2) is 10.7. The molecule has 12 heteroatoms. The van der Waals surface area contributed by atoms with Gasteiger partial charge in [0.25, 0.3) is 5.91 Å². The van der Waals surface area contributed by atoms with E-state index in [9.17, 15) is 14.0 Å². The molecule has 1 amide bonds. The molecule has 0 saturated heterocycles. The van der Waals surface area contributed by atoms with Gasteiger partial charge in [0.1, 0.15) is 26.4 Å². The van der Waals surface area contributed by atoms with Crippen molar-refractivity contribution in [3.63, 3.8) is 0 Å². The molecule has 0 saturated carbocycles. The van der Waals surface area contributed by atoms with Gasteiger partial charge in [-0.15, -0.1) is 11.3 Å². The van der Waals surface area contributed by atoms with Crippen LogP contribution in [0.25, 0.3) is 11.1 Å². The van der Waals surface area contributed by atoms with Gasteiger partial charge in [0.05, 0.1) is 22.2 Å². The van der Waals surface area contributed by atoms with Gasteiger partial charge in [0.2, 0.25) is 0 Å². The lowest BCUT2D eigenvalue weighted by molar-refractivity contribution is -0.118. The van der Waals surface area contributed by atoms with Crippen LogP contribution in [0.2, 0.25) is 25.1 Å². The van der Waals surface area contributed by atoms with E-state index >= 15 is 0 Å². The topological polar surface area (TPSA) is 64.6 Å². The summed E-state index contributed by atoms with van der Waals surface area (Å²) in [7, 11) is 1.22. The number of carbonyl (C=O) groups excluding carboxylic acids is 2. The molecule has 174 valence electrons. The van der Waals surface area contributed by atoms with Crippen LogP contribution in [0.5, 0.6) is 5.75 Å². The van der Waals surface area contributed by atoms with Crippen LogP contribution in [0.1, 0.15) is 15.2 Å². The van der Waals surface area contributed by atoms with Gasteiger partial charge in [-0.25, -0.2) is 9.18 Å². The number of hydrogen-bond donors (Lipinski definition) is 1. The highest BCUT2D eigenvalue weighted by molar-refractivity contribution is 7.17. The van der Waals surface area contributed by atoms with Gasteiger partial charge in [0.15, 0.2) is 12.4 Å². The van der Waals surface area contributed by atoms with Crippen LogP contribution in [-0.2, 0) is 9.53 Å². The Morgan fingerprint density at radius 2 is 1.52 bits per heavy atom. The number of halogens is 6. The third-order valence-corrected chi connectivity index (χ3v) is 7.64. The van der Waals surface area contributed by atoms with Crippen molar-refractivity contribution in [1.82, 2.24) is 0 Å². The van der Waals surface area contributed by atoms with Crippen LogP contribution in [0, 0.1) is 12.7 Å². The summed E-state index contributed by atoms with van der Waals surface area (Å²) < 4.78 is 23.7. The van der Waals surface area contributed by atoms with E-state index in [-0.39, 0.29) is 41.4 Å². The van der Waals surface area contributed by atoms with Gasteiger partial charge in [-0.05, 0) is 24.6 Å². The van der Waals surface area contributed by atoms with Gasteiger partial charge in [0, 0.05) is 10.4 Å². The highest BCUT2D eigenvalue weighted by Gasteiger charge is 2.26. The monoisotopic (exact) mass is 569 g/mol. The molecule has 3 aromatic rings. The molecule has 1 heterocycles. The van der Waals surface area contributed by atoms with E-state index in [1.54, 1.807) is 6.92 Å². The molecule has 0 atom stereocenters. The minimum atomic E-state index is -0.669. The summed E-state index contributed by atoms with van der Waals surface area (Å²) in [6.45, 7) is 1.23. The first-order valence-electron chi connectivity index (χ1n) is 8.98. The second-order valence-electron chi connectivity index (χ2n) is 6.47. The first-order chi connectivity index (χ1) is 15.6. The fraction of sp³-hybridized carbons (Fsp3) is 0.143. The summed E-state index contributed by atoms with van der Waals surface area (Å²) in [5.74, 6) is -1.83. The van der Waals surface area contributed by atoms with E-state index in [0.29, 0.717) is 16.0 Å². The maximum absolute atomic E-state index is 13.4. The summed E-state index contributed by atoms with van der Waals surface area (Å²) in [5, 5.41) is 2.44. The second-order valence-corrected chi connectivity index (χ2v) is 9.59. The highest BCUT2D eigenvalue weighted by Crippen LogP contribution is 2.48. The van der Waals surface area contributed by atoms with Crippen molar-refractivity contribution in [3.8, 4) is 16.9 Å². The van der Waals surface area contributed by atoms with Crippen molar-refractivity contribution in [3.05, 3.63) is 65.6 Å². The summed E-state index contributed by atoms with van der Waals surface area (Å²) in [4.78, 5) is 25.8. The lowest BCUT2D eigenvalue weighted by Crippen LogP contribution is -2.21. The summed E-state index contributed by atoms with van der Waals surface area (Å²) in [6.07, 6.45) is 0. The van der Waals surface area contributed by atoms with E-state index in [2.05, 4.69) is 5.32 Å². The first kappa shape index (κ1) is 25.9. The number of benzene rings is 2. The Morgan fingerprint density at radius 3 is 2.06 bits per heavy atom. The van der Waals surface area contributed by atoms with E-state index in [1.807, 2.05) is 0 Å². The zero-order valence-corrected chi connectivity index (χ0v) is 21.4. The Labute approximate surface area is 217 Å². The predicted octanol–water partition coefficient (Wildman–Crippen LogP) is 7.93. The van der Waals surface area contributed by atoms with E-state index in [1.165, 1.54) is 31.4 Å². The number of aryl methyl sites for hydroxylation is 1. The van der Waals surface area contributed by atoms with E-state index in [0.717, 1.165) is 11.3 Å². The Kier molecular flexibility index (Phi) is 8.37. The minimum Gasteiger partial charge on any atom is -0.481 e. The molecule has 0 bridgehead atoms. The average Bonchev–Trinajstić information content (AvgIpc) is 3.11. The predicted molar refractivity (Wildman–Crippen MR) is 131 cm³/mol. The number of hydrogen-bond acceptors (Lipinski definition) is 5. The quantitative estimate of drug-likeness (QED) is 0.185. The molecule has 0 unspecified atom stereocenters. The maximum atomic E-state index is 13.4. The number of amides is 1. The first-order valence-corrected chi connectivity index (χ1v) is 11.7. The van der Waals surface area contributed by atoms with Crippen LogP contribution in [0.4, 0.5) is 9.39 Å². The zero-order valence-electron chi connectivity index (χ0n) is 16.8. The van der Waals surface area contributed by atoms with Crippen molar-refractivity contribution in [1.29, 1.82) is 0 Å². The van der Waals surface area contributed by atoms with Crippen molar-refractivity contribution in [2.75, 3.05) is 19.0 Å². The molecule has 1 N–H and O–H groups in total. The van der Waals surface area contributed by atoms with Crippen molar-refractivity contribution in [2.24, 2.45) is 0 Å². The molecular formula is C21H13Cl5FNO4S. The summed E-state index contributed by atoms with van der Waals surface area (Å²) in [5.41, 5.74) is 1.24. The normalized spacial score (nSPS) is 10.8. The van der Waals surface area contributed by atoms with Crippen LogP contribution in [0.15, 0.2) is 24.3 Å². The lowest BCUT2D eigenvalue weighted by atomic mass is 10.0. The van der Waals surface area contributed by atoms with Crippen LogP contribution >= 0.6 is 69.3 Å². The van der Waals surface area contributed by atoms with Gasteiger partial charge >= 0.3 is 5.97 Å². The molecule has 0 aliphatic carbocycles. The van der Waals surface area contributed by atoms with Crippen LogP contribution in [0.3, 0.4) is 0 Å². The lowest BCUT2D eigenvalue weighted by Gasteiger charge is -2.13. The third-order valence-electron chi connectivity index (χ3n) is 4.38. The Balaban J connectivity index is 1.88. The van der Waals surface area contributed by atoms with Gasteiger partial charge in [-0.1, -0.05) is 70.1 Å². The molecule has 5 nitrogen and oxygen atoms in total. The van der Waals surface area contributed by atoms with Crippen molar-refractivity contribution < 1.29 is 23.5 Å². The number of nitrogens with one attached hydrogen (secondary N) is 1. The molecule has 33 heavy (non-hydrogen) atoms. The third kappa shape index (κ3) is 5.34. The maximum Gasteiger partial charge on any atom is 0.341 e. The molecule has 2 aromatic carbocycles. The number of rotatable bonds is 6. The molecule has 0 radical (unpaired) electrons. The van der Waals surface area contributed by atoms with E-state index < -0.39 is 24.3 Å². The summed E-state index contributed by atoms with van der Waals surface area (Å²) in [6, 6.07) is 5.61. The SMILES string of the molecule is COC(=O)c1c(NC(=O)COc2c(Cl)c(Cl)c(Cl)c(Cl)c2Cl)sc(C)c1-c1ccc(F)cc1. The Bertz CT molecular complexity index is 1220. The standard InChI is InChI=1S/C21H13Cl5FNO4S/c1-8-12(9-3-5-10(27)6-4-9)13(21(30)31-2)20(33-8)28-11(29)7-32-19-17(25)15(23)14(22)16(24)18(19)26/h3-6H,7H2,1-2H3,(H,28,29). The number of anilines is 1. The smallest absolute Gasteiger partial charge is 0.341 e. The van der Waals surface area contributed by atoms with E-state index in [4.69, 9.17) is 67.5 Å². The zero-order chi connectivity index (χ0) is 24.4. The van der Waals surface area contributed by atoms with Gasteiger partial charge in [-0.3, -0.25) is 4.79 Å². The van der Waals surface area contributed by atoms with Crippen LogP contribution in [-0.4, -0.2) is 25.6 Å². The Morgan fingerprint density at radius 1 is 0.970 bits per heavy atom. The average molecular weight is 572 g/mol. The van der Waals surface area contributed by atoms with Crippen LogP contribution < -0.4 is 10.1 Å². The van der Waals surface area contributed by atoms with Crippen molar-refractivity contribution >= 4 is 86.2 Å². The molecule has 0 aliphatic rings. The minimum absolute atomic E-state index is 0.0461. The molecule has 0 spiro atoms. The van der Waals surface area contributed by atoms with Gasteiger partial charge < -0.3 is 14.8 Å². The summed E-state index contributed by atoms with van der Waals surface area (Å²) >= 11 is 31.3. The number of esters is 1. The molecule has 3 rings (SSSR count). The Hall–Kier alpha value is -1.74. The molecule has 1 aromatic heterocycles. The molecular weight excluding hydrogens is 559 g/mol. The fourth-order valence-corrected chi connectivity index (χ4v) is 5.22. The molecule has 0 aliphatic heterocycles. The molecule has 0 fully saturated rings. The number of methoxy groups -OCH3 is 1. The van der Waals surface area contributed by atoms with Gasteiger partial charge in [-0.2, -0.15) is 0 Å². The largest absolute Gasteiger partial charge is 0.481 e.